The van der Waals surface area contributed by atoms with Gasteiger partial charge in [0.05, 0.1) is 40.3 Å². The molecule has 0 aliphatic rings. The summed E-state index contributed by atoms with van der Waals surface area (Å²) >= 11 is 0. The third-order valence-corrected chi connectivity index (χ3v) is 5.95. The number of nitriles is 1. The predicted molar refractivity (Wildman–Crippen MR) is 96.4 cm³/mol. The minimum Gasteiger partial charge on any atom is -0.336 e. The second kappa shape index (κ2) is 7.89. The smallest absolute Gasteiger partial charge is 0.141 e. The van der Waals surface area contributed by atoms with E-state index in [-0.39, 0.29) is 5.56 Å². The first-order valence-corrected chi connectivity index (χ1v) is 9.46. The number of hydrogen-bond donors (Lipinski definition) is 1. The number of nitrogens with zero attached hydrogens (tertiary/aromatic N) is 3. The summed E-state index contributed by atoms with van der Waals surface area (Å²) in [6.07, 6.45) is 4.25. The summed E-state index contributed by atoms with van der Waals surface area (Å²) in [5.74, 6) is 0.215. The van der Waals surface area contributed by atoms with E-state index in [4.69, 9.17) is 5.26 Å². The van der Waals surface area contributed by atoms with Crippen molar-refractivity contribution in [1.29, 1.82) is 5.26 Å². The van der Waals surface area contributed by atoms with Gasteiger partial charge in [-0.05, 0) is 30.5 Å². The van der Waals surface area contributed by atoms with E-state index in [1.54, 1.807) is 18.6 Å². The lowest BCUT2D eigenvalue weighted by molar-refractivity contribution is 0.493. The van der Waals surface area contributed by atoms with E-state index in [0.717, 1.165) is 12.1 Å². The van der Waals surface area contributed by atoms with Crippen molar-refractivity contribution in [3.63, 3.8) is 0 Å². The second-order valence-corrected chi connectivity index (χ2v) is 7.68. The Balaban J connectivity index is 2.47. The summed E-state index contributed by atoms with van der Waals surface area (Å²) < 4.78 is 31.8. The Morgan fingerprint density at radius 3 is 2.76 bits per heavy atom. The summed E-state index contributed by atoms with van der Waals surface area (Å²) in [4.78, 5) is 4.13. The Hall–Kier alpha value is -2.04. The van der Waals surface area contributed by atoms with E-state index in [1.807, 2.05) is 31.5 Å². The van der Waals surface area contributed by atoms with Gasteiger partial charge in [0.1, 0.15) is 11.9 Å². The molecule has 3 unspecified atom stereocenters. The number of benzene rings is 1. The van der Waals surface area contributed by atoms with E-state index < -0.39 is 22.3 Å². The monoisotopic (exact) mass is 362 g/mol. The van der Waals surface area contributed by atoms with Gasteiger partial charge in [-0.1, -0.05) is 26.3 Å². The van der Waals surface area contributed by atoms with Gasteiger partial charge in [-0.2, -0.15) is 5.26 Å². The third-order valence-electron chi connectivity index (χ3n) is 4.45. The van der Waals surface area contributed by atoms with Crippen LogP contribution in [0.25, 0.3) is 0 Å². The predicted octanol–water partition coefficient (Wildman–Crippen LogP) is 2.99. The topological polar surface area (TPSA) is 70.7 Å². The summed E-state index contributed by atoms with van der Waals surface area (Å²) in [6, 6.07) is 6.27. The molecule has 5 nitrogen and oxygen atoms in total. The third kappa shape index (κ3) is 4.14. The van der Waals surface area contributed by atoms with Crippen LogP contribution in [0.4, 0.5) is 4.39 Å². The molecule has 3 atom stereocenters. The van der Waals surface area contributed by atoms with Gasteiger partial charge in [-0.3, -0.25) is 0 Å². The molecule has 0 amide bonds. The zero-order valence-corrected chi connectivity index (χ0v) is 15.7. The van der Waals surface area contributed by atoms with Crippen LogP contribution in [-0.2, 0) is 23.6 Å². The Labute approximate surface area is 150 Å². The lowest BCUT2D eigenvalue weighted by atomic mass is 9.89. The molecule has 2 aromatic rings. The number of rotatable bonds is 7. The largest absolute Gasteiger partial charge is 0.336 e. The van der Waals surface area contributed by atoms with Crippen LogP contribution < -0.4 is 4.72 Å². The average Bonchev–Trinajstić information content (AvgIpc) is 3.01. The molecule has 0 spiro atoms. The normalized spacial score (nSPS) is 16.0. The molecule has 134 valence electrons. The molecule has 7 heteroatoms. The van der Waals surface area contributed by atoms with Crippen molar-refractivity contribution in [2.24, 2.45) is 13.0 Å². The number of aromatic nitrogens is 2. The maximum atomic E-state index is 14.2. The molecular formula is C18H23FN4OS. The molecule has 0 aliphatic carbocycles. The van der Waals surface area contributed by atoms with E-state index >= 15 is 0 Å². The standard InChI is InChI=1S/C18H23FN4OS/c1-5-13(2)11-25(24)22-18(3,17-10-21-12-23(17)4)15-7-6-14(9-20)16(19)8-15/h6-8,10,12-13,22H,5,11H2,1-4H3. The van der Waals surface area contributed by atoms with Crippen LogP contribution in [0.1, 0.15) is 44.0 Å². The molecule has 1 aromatic heterocycles. The van der Waals surface area contributed by atoms with Gasteiger partial charge in [0.15, 0.2) is 0 Å². The van der Waals surface area contributed by atoms with Gasteiger partial charge in [0.2, 0.25) is 0 Å². The van der Waals surface area contributed by atoms with Crippen molar-refractivity contribution in [3.05, 3.63) is 53.4 Å². The Kier molecular flexibility index (Phi) is 6.09. The van der Waals surface area contributed by atoms with E-state index in [1.165, 1.54) is 12.1 Å². The van der Waals surface area contributed by atoms with Crippen LogP contribution in [0.15, 0.2) is 30.7 Å². The first-order valence-electron chi connectivity index (χ1n) is 8.15. The highest BCUT2D eigenvalue weighted by molar-refractivity contribution is 7.83. The fourth-order valence-electron chi connectivity index (χ4n) is 2.66. The molecule has 1 N–H and O–H groups in total. The Bertz CT molecular complexity index is 814. The van der Waals surface area contributed by atoms with E-state index in [2.05, 4.69) is 16.6 Å². The summed E-state index contributed by atoms with van der Waals surface area (Å²) in [5.41, 5.74) is 0.425. The van der Waals surface area contributed by atoms with Crippen molar-refractivity contribution in [2.75, 3.05) is 5.75 Å². The zero-order valence-electron chi connectivity index (χ0n) is 14.9. The summed E-state index contributed by atoms with van der Waals surface area (Å²) in [7, 11) is 0.528. The lowest BCUT2D eigenvalue weighted by Gasteiger charge is -2.31. The highest BCUT2D eigenvalue weighted by atomic mass is 32.2. The van der Waals surface area contributed by atoms with Crippen LogP contribution in [0, 0.1) is 23.1 Å². The van der Waals surface area contributed by atoms with Crippen LogP contribution in [0.3, 0.4) is 0 Å². The quantitative estimate of drug-likeness (QED) is 0.823. The van der Waals surface area contributed by atoms with Crippen LogP contribution >= 0.6 is 0 Å². The zero-order chi connectivity index (χ0) is 18.6. The summed E-state index contributed by atoms with van der Waals surface area (Å²) in [5, 5.41) is 8.94. The fourth-order valence-corrected chi connectivity index (χ4v) is 4.17. The Morgan fingerprint density at radius 1 is 1.52 bits per heavy atom. The lowest BCUT2D eigenvalue weighted by Crippen LogP contribution is -2.44. The van der Waals surface area contributed by atoms with Crippen molar-refractivity contribution in [3.8, 4) is 6.07 Å². The van der Waals surface area contributed by atoms with Crippen molar-refractivity contribution >= 4 is 11.0 Å². The molecule has 25 heavy (non-hydrogen) atoms. The van der Waals surface area contributed by atoms with Gasteiger partial charge >= 0.3 is 0 Å². The SMILES string of the molecule is CCC(C)CS(=O)NC(C)(c1ccc(C#N)c(F)c1)c1cncn1C. The molecule has 0 bridgehead atoms. The molecule has 2 rings (SSSR count). The molecule has 1 aromatic carbocycles. The molecular weight excluding hydrogens is 339 g/mol. The molecule has 0 fully saturated rings. The van der Waals surface area contributed by atoms with Gasteiger partial charge in [-0.25, -0.2) is 18.3 Å². The highest BCUT2D eigenvalue weighted by Crippen LogP contribution is 2.30. The average molecular weight is 362 g/mol. The number of hydrogen-bond acceptors (Lipinski definition) is 3. The minimum atomic E-state index is -1.31. The van der Waals surface area contributed by atoms with Crippen molar-refractivity contribution in [2.45, 2.75) is 32.7 Å². The number of imidazole rings is 1. The first-order chi connectivity index (χ1) is 11.8. The van der Waals surface area contributed by atoms with E-state index in [9.17, 15) is 8.60 Å². The first kappa shape index (κ1) is 19.3. The molecule has 0 saturated carbocycles. The molecule has 0 aliphatic heterocycles. The maximum Gasteiger partial charge on any atom is 0.141 e. The molecule has 1 heterocycles. The van der Waals surface area contributed by atoms with Crippen LogP contribution in [0.5, 0.6) is 0 Å². The van der Waals surface area contributed by atoms with Crippen molar-refractivity contribution < 1.29 is 8.60 Å². The van der Waals surface area contributed by atoms with Crippen LogP contribution in [0.2, 0.25) is 0 Å². The highest BCUT2D eigenvalue weighted by Gasteiger charge is 2.34. The van der Waals surface area contributed by atoms with Gasteiger partial charge in [0, 0.05) is 12.8 Å². The number of nitrogens with one attached hydrogen (secondary N) is 1. The number of halogens is 1. The molecule has 0 saturated heterocycles. The minimum absolute atomic E-state index is 0.0168. The van der Waals surface area contributed by atoms with E-state index in [0.29, 0.717) is 17.2 Å². The Morgan fingerprint density at radius 2 is 2.24 bits per heavy atom. The van der Waals surface area contributed by atoms with Gasteiger partial charge < -0.3 is 4.57 Å². The van der Waals surface area contributed by atoms with Crippen molar-refractivity contribution in [1.82, 2.24) is 14.3 Å². The second-order valence-electron chi connectivity index (χ2n) is 6.45. The maximum absolute atomic E-state index is 14.2. The molecule has 0 radical (unpaired) electrons. The van der Waals surface area contributed by atoms with Gasteiger partial charge in [0.25, 0.3) is 0 Å². The number of aryl methyl sites for hydroxylation is 1. The fraction of sp³-hybridized carbons (Fsp3) is 0.444. The van der Waals surface area contributed by atoms with Gasteiger partial charge in [-0.15, -0.1) is 0 Å². The summed E-state index contributed by atoms with van der Waals surface area (Å²) in [6.45, 7) is 5.94. The van der Waals surface area contributed by atoms with Crippen LogP contribution in [-0.4, -0.2) is 19.5 Å².